The Balaban J connectivity index is 2.14. The van der Waals surface area contributed by atoms with Crippen LogP contribution in [0.2, 0.25) is 0 Å². The quantitative estimate of drug-likeness (QED) is 0.670. The molecule has 84 valence electrons. The first-order valence-corrected chi connectivity index (χ1v) is 8.33. The number of thioether (sulfide) groups is 2. The van der Waals surface area contributed by atoms with Crippen molar-refractivity contribution < 1.29 is 0 Å². The summed E-state index contributed by atoms with van der Waals surface area (Å²) >= 11 is 4.27. The summed E-state index contributed by atoms with van der Waals surface area (Å²) in [5.41, 5.74) is 0. The van der Waals surface area contributed by atoms with E-state index in [9.17, 15) is 0 Å². The van der Waals surface area contributed by atoms with Crippen LogP contribution < -0.4 is 0 Å². The fourth-order valence-corrected chi connectivity index (χ4v) is 4.02. The maximum absolute atomic E-state index is 2.28. The van der Waals surface area contributed by atoms with E-state index in [4.69, 9.17) is 0 Å². The summed E-state index contributed by atoms with van der Waals surface area (Å²) in [6.45, 7) is 4.55. The molecule has 0 aromatic heterocycles. The second-order valence-corrected chi connectivity index (χ2v) is 6.86. The van der Waals surface area contributed by atoms with E-state index in [0.29, 0.717) is 0 Å². The molecule has 0 radical (unpaired) electrons. The molecular weight excluding hydrogens is 208 g/mol. The lowest BCUT2D eigenvalue weighted by Crippen LogP contribution is -2.19. The molecule has 0 aromatic carbocycles. The smallest absolute Gasteiger partial charge is 0.00391 e. The van der Waals surface area contributed by atoms with Gasteiger partial charge in [-0.2, -0.15) is 23.5 Å². The highest BCUT2D eigenvalue weighted by atomic mass is 32.2. The molecule has 0 bridgehead atoms. The third-order valence-electron chi connectivity index (χ3n) is 3.01. The minimum atomic E-state index is 1.04. The Morgan fingerprint density at radius 2 is 1.43 bits per heavy atom. The molecule has 0 nitrogen and oxygen atoms in total. The second kappa shape index (κ2) is 7.92. The molecule has 0 spiro atoms. The van der Waals surface area contributed by atoms with Crippen molar-refractivity contribution in [1.82, 2.24) is 0 Å². The lowest BCUT2D eigenvalue weighted by molar-refractivity contribution is 0.309. The van der Waals surface area contributed by atoms with Gasteiger partial charge in [-0.15, -0.1) is 0 Å². The standard InChI is InChI=1S/C12H24S2/c1-3-13-9-11-6-5-7-12(8-11)10-14-4-2/h11-12H,3-10H2,1-2H3. The van der Waals surface area contributed by atoms with E-state index in [1.807, 2.05) is 0 Å². The normalized spacial score (nSPS) is 27.9. The minimum absolute atomic E-state index is 1.04. The van der Waals surface area contributed by atoms with Crippen molar-refractivity contribution >= 4 is 23.5 Å². The van der Waals surface area contributed by atoms with Crippen molar-refractivity contribution in [3.8, 4) is 0 Å². The van der Waals surface area contributed by atoms with Gasteiger partial charge in [0.05, 0.1) is 0 Å². The van der Waals surface area contributed by atoms with Gasteiger partial charge in [0.1, 0.15) is 0 Å². The lowest BCUT2D eigenvalue weighted by atomic mass is 9.83. The van der Waals surface area contributed by atoms with E-state index in [1.54, 1.807) is 0 Å². The third-order valence-corrected chi connectivity index (χ3v) is 5.24. The predicted molar refractivity (Wildman–Crippen MR) is 71.4 cm³/mol. The summed E-state index contributed by atoms with van der Waals surface area (Å²) in [6.07, 6.45) is 6.00. The fourth-order valence-electron chi connectivity index (χ4n) is 2.27. The van der Waals surface area contributed by atoms with E-state index < -0.39 is 0 Å². The summed E-state index contributed by atoms with van der Waals surface area (Å²) in [5.74, 6) is 7.51. The molecule has 2 unspecified atom stereocenters. The highest BCUT2D eigenvalue weighted by Gasteiger charge is 2.21. The van der Waals surface area contributed by atoms with E-state index in [2.05, 4.69) is 37.4 Å². The maximum Gasteiger partial charge on any atom is -0.00391 e. The summed E-state index contributed by atoms with van der Waals surface area (Å²) in [4.78, 5) is 0. The summed E-state index contributed by atoms with van der Waals surface area (Å²) < 4.78 is 0. The molecule has 0 N–H and O–H groups in total. The fraction of sp³-hybridized carbons (Fsp3) is 1.00. The van der Waals surface area contributed by atoms with Gasteiger partial charge in [0.2, 0.25) is 0 Å². The zero-order valence-corrected chi connectivity index (χ0v) is 11.3. The van der Waals surface area contributed by atoms with Gasteiger partial charge in [0.25, 0.3) is 0 Å². The Bertz CT molecular complexity index is 122. The Morgan fingerprint density at radius 1 is 0.929 bits per heavy atom. The van der Waals surface area contributed by atoms with Crippen LogP contribution in [0.1, 0.15) is 39.5 Å². The van der Waals surface area contributed by atoms with Crippen molar-refractivity contribution in [2.75, 3.05) is 23.0 Å². The van der Waals surface area contributed by atoms with Gasteiger partial charge >= 0.3 is 0 Å². The molecule has 1 aliphatic carbocycles. The van der Waals surface area contributed by atoms with Gasteiger partial charge in [-0.05, 0) is 54.1 Å². The summed E-state index contributed by atoms with van der Waals surface area (Å²) in [5, 5.41) is 0. The largest absolute Gasteiger partial charge is 0.162 e. The Hall–Kier alpha value is 0.700. The average Bonchev–Trinajstić information content (AvgIpc) is 2.24. The van der Waals surface area contributed by atoms with Crippen LogP contribution in [-0.4, -0.2) is 23.0 Å². The first-order valence-electron chi connectivity index (χ1n) is 6.02. The van der Waals surface area contributed by atoms with Gasteiger partial charge < -0.3 is 0 Å². The maximum atomic E-state index is 2.28. The molecular formula is C12H24S2. The van der Waals surface area contributed by atoms with E-state index in [0.717, 1.165) is 11.8 Å². The van der Waals surface area contributed by atoms with Crippen LogP contribution >= 0.6 is 23.5 Å². The molecule has 2 atom stereocenters. The van der Waals surface area contributed by atoms with Crippen LogP contribution in [0.5, 0.6) is 0 Å². The molecule has 1 aliphatic rings. The van der Waals surface area contributed by atoms with Gasteiger partial charge in [0.15, 0.2) is 0 Å². The summed E-state index contributed by atoms with van der Waals surface area (Å²) in [7, 11) is 0. The summed E-state index contributed by atoms with van der Waals surface area (Å²) in [6, 6.07) is 0. The van der Waals surface area contributed by atoms with Gasteiger partial charge in [-0.25, -0.2) is 0 Å². The minimum Gasteiger partial charge on any atom is -0.162 e. The highest BCUT2D eigenvalue weighted by Crippen LogP contribution is 2.32. The van der Waals surface area contributed by atoms with Crippen LogP contribution in [0.15, 0.2) is 0 Å². The van der Waals surface area contributed by atoms with Gasteiger partial charge in [0, 0.05) is 0 Å². The van der Waals surface area contributed by atoms with E-state index >= 15 is 0 Å². The monoisotopic (exact) mass is 232 g/mol. The van der Waals surface area contributed by atoms with E-state index in [1.165, 1.54) is 48.7 Å². The molecule has 0 saturated heterocycles. The second-order valence-electron chi connectivity index (χ2n) is 4.22. The molecule has 2 heteroatoms. The molecule has 14 heavy (non-hydrogen) atoms. The molecule has 0 heterocycles. The van der Waals surface area contributed by atoms with Crippen LogP contribution in [0, 0.1) is 11.8 Å². The number of hydrogen-bond donors (Lipinski definition) is 0. The highest BCUT2D eigenvalue weighted by molar-refractivity contribution is 7.99. The Kier molecular flexibility index (Phi) is 7.23. The molecule has 0 amide bonds. The zero-order valence-electron chi connectivity index (χ0n) is 9.63. The predicted octanol–water partition coefficient (Wildman–Crippen LogP) is 4.30. The first-order chi connectivity index (χ1) is 6.86. The van der Waals surface area contributed by atoms with Crippen molar-refractivity contribution in [1.29, 1.82) is 0 Å². The Labute approximate surface area is 98.0 Å². The average molecular weight is 232 g/mol. The number of hydrogen-bond acceptors (Lipinski definition) is 2. The van der Waals surface area contributed by atoms with Gasteiger partial charge in [-0.1, -0.05) is 20.3 Å². The molecule has 1 saturated carbocycles. The molecule has 0 aliphatic heterocycles. The number of rotatable bonds is 6. The third kappa shape index (κ3) is 4.97. The van der Waals surface area contributed by atoms with Crippen LogP contribution in [0.3, 0.4) is 0 Å². The molecule has 1 rings (SSSR count). The van der Waals surface area contributed by atoms with Crippen molar-refractivity contribution in [2.24, 2.45) is 11.8 Å². The Morgan fingerprint density at radius 3 is 1.86 bits per heavy atom. The molecule has 0 aromatic rings. The van der Waals surface area contributed by atoms with Crippen molar-refractivity contribution in [3.05, 3.63) is 0 Å². The zero-order chi connectivity index (χ0) is 10.2. The van der Waals surface area contributed by atoms with Crippen LogP contribution in [0.4, 0.5) is 0 Å². The molecule has 1 fully saturated rings. The van der Waals surface area contributed by atoms with Gasteiger partial charge in [-0.3, -0.25) is 0 Å². The van der Waals surface area contributed by atoms with E-state index in [-0.39, 0.29) is 0 Å². The van der Waals surface area contributed by atoms with Crippen LogP contribution in [-0.2, 0) is 0 Å². The lowest BCUT2D eigenvalue weighted by Gasteiger charge is -2.28. The topological polar surface area (TPSA) is 0 Å². The van der Waals surface area contributed by atoms with Crippen molar-refractivity contribution in [2.45, 2.75) is 39.5 Å². The van der Waals surface area contributed by atoms with Crippen molar-refractivity contribution in [3.63, 3.8) is 0 Å². The van der Waals surface area contributed by atoms with Crippen LogP contribution in [0.25, 0.3) is 0 Å². The first kappa shape index (κ1) is 12.8. The SMILES string of the molecule is CCSCC1CCCC(CSCC)C1.